The first kappa shape index (κ1) is 34.7. The Labute approximate surface area is 280 Å². The normalized spacial score (nSPS) is 11.8. The fraction of sp³-hybridized carbons (Fsp3) is 0.278. The minimum Gasteiger partial charge on any atom is -0.494 e. The highest BCUT2D eigenvalue weighted by molar-refractivity contribution is 9.10. The third kappa shape index (κ3) is 9.43. The molecular weight excluding hydrogens is 666 g/mol. The number of hydrogen-bond donors (Lipinski definition) is 1. The van der Waals surface area contributed by atoms with Gasteiger partial charge in [-0.3, -0.25) is 13.9 Å². The van der Waals surface area contributed by atoms with Gasteiger partial charge in [-0.05, 0) is 73.0 Å². The lowest BCUT2D eigenvalue weighted by molar-refractivity contribution is -0.140. The van der Waals surface area contributed by atoms with Crippen LogP contribution in [0.1, 0.15) is 37.8 Å². The fourth-order valence-electron chi connectivity index (χ4n) is 4.98. The molecular formula is C36H40BrN3O5S. The van der Waals surface area contributed by atoms with Gasteiger partial charge < -0.3 is 15.0 Å². The molecule has 4 aromatic rings. The topological polar surface area (TPSA) is 96.0 Å². The molecule has 0 aliphatic carbocycles. The molecule has 10 heteroatoms. The first-order chi connectivity index (χ1) is 22.2. The molecule has 1 atom stereocenters. The van der Waals surface area contributed by atoms with Gasteiger partial charge in [0.1, 0.15) is 18.3 Å². The summed E-state index contributed by atoms with van der Waals surface area (Å²) in [6.45, 7) is 4.43. The number of carbonyl (C=O) groups is 2. The van der Waals surface area contributed by atoms with Crippen LogP contribution in [0.3, 0.4) is 0 Å². The van der Waals surface area contributed by atoms with Crippen molar-refractivity contribution in [2.75, 3.05) is 24.0 Å². The van der Waals surface area contributed by atoms with Gasteiger partial charge in [0.15, 0.2) is 0 Å². The summed E-state index contributed by atoms with van der Waals surface area (Å²) in [5.74, 6) is -0.217. The smallest absolute Gasteiger partial charge is 0.264 e. The van der Waals surface area contributed by atoms with Crippen LogP contribution >= 0.6 is 15.9 Å². The number of sulfonamides is 1. The highest BCUT2D eigenvalue weighted by Crippen LogP contribution is 2.28. The first-order valence-corrected chi connectivity index (χ1v) is 17.6. The van der Waals surface area contributed by atoms with Crippen LogP contribution in [0.2, 0.25) is 0 Å². The summed E-state index contributed by atoms with van der Waals surface area (Å²) in [5.41, 5.74) is 2.00. The van der Waals surface area contributed by atoms with E-state index in [1.807, 2.05) is 74.5 Å². The van der Waals surface area contributed by atoms with Gasteiger partial charge in [-0.25, -0.2) is 8.42 Å². The number of ether oxygens (including phenoxy) is 1. The predicted molar refractivity (Wildman–Crippen MR) is 185 cm³/mol. The van der Waals surface area contributed by atoms with E-state index >= 15 is 0 Å². The van der Waals surface area contributed by atoms with Gasteiger partial charge >= 0.3 is 0 Å². The molecule has 0 heterocycles. The van der Waals surface area contributed by atoms with E-state index in [0.717, 1.165) is 32.7 Å². The monoisotopic (exact) mass is 705 g/mol. The van der Waals surface area contributed by atoms with Crippen molar-refractivity contribution in [3.63, 3.8) is 0 Å². The maximum Gasteiger partial charge on any atom is 0.264 e. The molecule has 242 valence electrons. The Kier molecular flexibility index (Phi) is 12.8. The number of amides is 2. The summed E-state index contributed by atoms with van der Waals surface area (Å²) >= 11 is 3.37. The molecule has 0 saturated carbocycles. The molecule has 0 radical (unpaired) electrons. The van der Waals surface area contributed by atoms with Crippen molar-refractivity contribution in [3.8, 4) is 5.75 Å². The molecule has 0 fully saturated rings. The quantitative estimate of drug-likeness (QED) is 0.133. The van der Waals surface area contributed by atoms with E-state index in [1.54, 1.807) is 36.4 Å². The Morgan fingerprint density at radius 3 is 2.02 bits per heavy atom. The number of unbranched alkanes of at least 4 members (excludes halogenated alkanes) is 1. The summed E-state index contributed by atoms with van der Waals surface area (Å²) in [5, 5.41) is 3.01. The van der Waals surface area contributed by atoms with Crippen molar-refractivity contribution in [2.45, 2.75) is 50.6 Å². The Balaban J connectivity index is 1.77. The minimum absolute atomic E-state index is 0.0325. The van der Waals surface area contributed by atoms with Gasteiger partial charge in [-0.2, -0.15) is 0 Å². The molecule has 0 saturated heterocycles. The van der Waals surface area contributed by atoms with Gasteiger partial charge in [-0.15, -0.1) is 0 Å². The molecule has 0 aliphatic heterocycles. The van der Waals surface area contributed by atoms with Crippen molar-refractivity contribution in [3.05, 3.63) is 125 Å². The Hall–Kier alpha value is -4.15. The number of halogens is 1. The Morgan fingerprint density at radius 1 is 0.826 bits per heavy atom. The Bertz CT molecular complexity index is 1650. The lowest BCUT2D eigenvalue weighted by atomic mass is 10.0. The van der Waals surface area contributed by atoms with E-state index in [2.05, 4.69) is 21.2 Å². The lowest BCUT2D eigenvalue weighted by Gasteiger charge is -2.34. The molecule has 0 aliphatic rings. The van der Waals surface area contributed by atoms with E-state index < -0.39 is 28.5 Å². The van der Waals surface area contributed by atoms with Crippen LogP contribution in [0.4, 0.5) is 5.69 Å². The molecule has 0 aromatic heterocycles. The maximum absolute atomic E-state index is 14.5. The van der Waals surface area contributed by atoms with Gasteiger partial charge in [0.05, 0.1) is 17.2 Å². The average molecular weight is 707 g/mol. The first-order valence-electron chi connectivity index (χ1n) is 15.4. The molecule has 4 rings (SSSR count). The maximum atomic E-state index is 14.5. The number of nitrogens with one attached hydrogen (secondary N) is 1. The number of anilines is 1. The summed E-state index contributed by atoms with van der Waals surface area (Å²) < 4.78 is 35.7. The van der Waals surface area contributed by atoms with Crippen molar-refractivity contribution in [1.82, 2.24) is 10.2 Å². The number of nitrogens with zero attached hydrogens (tertiary/aromatic N) is 2. The fourth-order valence-corrected chi connectivity index (χ4v) is 6.66. The van der Waals surface area contributed by atoms with E-state index in [4.69, 9.17) is 4.74 Å². The van der Waals surface area contributed by atoms with Crippen molar-refractivity contribution in [1.29, 1.82) is 0 Å². The van der Waals surface area contributed by atoms with Gasteiger partial charge in [0.25, 0.3) is 10.0 Å². The highest BCUT2D eigenvalue weighted by Gasteiger charge is 2.34. The molecule has 46 heavy (non-hydrogen) atoms. The van der Waals surface area contributed by atoms with Crippen molar-refractivity contribution >= 4 is 43.5 Å². The number of benzene rings is 4. The van der Waals surface area contributed by atoms with Crippen LogP contribution in [0.15, 0.2) is 119 Å². The number of hydrogen-bond acceptors (Lipinski definition) is 5. The average Bonchev–Trinajstić information content (AvgIpc) is 3.07. The van der Waals surface area contributed by atoms with E-state index in [1.165, 1.54) is 17.0 Å². The lowest BCUT2D eigenvalue weighted by Crippen LogP contribution is -2.53. The SMILES string of the molecule is CCCCNC(=O)[C@@H](Cc1ccccc1)N(Cc1ccccc1)C(=O)CN(c1ccc(OCC)cc1)S(=O)(=O)c1ccc(Br)cc1. The number of carbonyl (C=O) groups excluding carboxylic acids is 2. The van der Waals surface area contributed by atoms with Crippen LogP contribution in [-0.4, -0.2) is 50.9 Å². The van der Waals surface area contributed by atoms with E-state index in [9.17, 15) is 18.0 Å². The summed E-state index contributed by atoms with van der Waals surface area (Å²) in [6.07, 6.45) is 1.97. The summed E-state index contributed by atoms with van der Waals surface area (Å²) in [4.78, 5) is 29.8. The molecule has 8 nitrogen and oxygen atoms in total. The van der Waals surface area contributed by atoms with Crippen molar-refractivity contribution < 1.29 is 22.7 Å². The van der Waals surface area contributed by atoms with Gasteiger partial charge in [0.2, 0.25) is 11.8 Å². The zero-order chi connectivity index (χ0) is 32.9. The van der Waals surface area contributed by atoms with Crippen LogP contribution in [-0.2, 0) is 32.6 Å². The third-order valence-electron chi connectivity index (χ3n) is 7.41. The van der Waals surface area contributed by atoms with Crippen LogP contribution in [0.5, 0.6) is 5.75 Å². The second kappa shape index (κ2) is 17.0. The van der Waals surface area contributed by atoms with E-state index in [-0.39, 0.29) is 23.8 Å². The third-order valence-corrected chi connectivity index (χ3v) is 9.73. The largest absolute Gasteiger partial charge is 0.494 e. The molecule has 0 unspecified atom stereocenters. The van der Waals surface area contributed by atoms with Crippen LogP contribution in [0.25, 0.3) is 0 Å². The highest BCUT2D eigenvalue weighted by atomic mass is 79.9. The molecule has 0 spiro atoms. The van der Waals surface area contributed by atoms with Crippen LogP contribution in [0, 0.1) is 0 Å². The van der Waals surface area contributed by atoms with E-state index in [0.29, 0.717) is 24.6 Å². The molecule has 2 amide bonds. The zero-order valence-corrected chi connectivity index (χ0v) is 28.5. The zero-order valence-electron chi connectivity index (χ0n) is 26.1. The molecule has 1 N–H and O–H groups in total. The van der Waals surface area contributed by atoms with Crippen molar-refractivity contribution in [2.24, 2.45) is 0 Å². The Morgan fingerprint density at radius 2 is 1.43 bits per heavy atom. The standard InChI is InChI=1S/C36H40BrN3O5S/c1-3-5-24-38-36(42)34(25-28-12-8-6-9-13-28)39(26-29-14-10-7-11-15-29)35(41)27-40(31-18-20-32(21-19-31)45-4-2)46(43,44)33-22-16-30(37)17-23-33/h6-23,34H,3-5,24-27H2,1-2H3,(H,38,42)/t34-/m1/s1. The molecule has 4 aromatic carbocycles. The summed E-state index contributed by atoms with van der Waals surface area (Å²) in [6, 6.07) is 30.9. The van der Waals surface area contributed by atoms with Crippen LogP contribution < -0.4 is 14.4 Å². The summed E-state index contributed by atoms with van der Waals surface area (Å²) in [7, 11) is -4.20. The second-order valence-electron chi connectivity index (χ2n) is 10.7. The van der Waals surface area contributed by atoms with Gasteiger partial charge in [0, 0.05) is 24.0 Å². The number of rotatable bonds is 16. The van der Waals surface area contributed by atoms with Gasteiger partial charge in [-0.1, -0.05) is 89.9 Å². The minimum atomic E-state index is -4.20. The predicted octanol–water partition coefficient (Wildman–Crippen LogP) is 6.60. The molecule has 0 bridgehead atoms. The second-order valence-corrected chi connectivity index (χ2v) is 13.5.